The van der Waals surface area contributed by atoms with E-state index in [1.807, 2.05) is 0 Å². The first kappa shape index (κ1) is 10.5. The summed E-state index contributed by atoms with van der Waals surface area (Å²) in [6.45, 7) is 0.0737. The lowest BCUT2D eigenvalue weighted by atomic mass is 10.5. The zero-order valence-corrected chi connectivity index (χ0v) is 8.79. The molecule has 2 aromatic heterocycles. The van der Waals surface area contributed by atoms with Crippen molar-refractivity contribution in [1.82, 2.24) is 25.0 Å². The van der Waals surface area contributed by atoms with Gasteiger partial charge in [0.2, 0.25) is 5.91 Å². The lowest BCUT2D eigenvalue weighted by molar-refractivity contribution is -0.116. The average molecular weight is 239 g/mol. The molecule has 2 heterocycles. The number of nitrogens with zero attached hydrogens (tertiary/aromatic N) is 5. The molecule has 0 bridgehead atoms. The Bertz CT molecular complexity index is 468. The lowest BCUT2D eigenvalue weighted by Gasteiger charge is -2.03. The van der Waals surface area contributed by atoms with E-state index in [0.717, 1.165) is 0 Å². The number of aromatic nitrogens is 5. The van der Waals surface area contributed by atoms with Crippen LogP contribution in [0.25, 0.3) is 0 Å². The third-order valence-corrected chi connectivity index (χ3v) is 1.86. The van der Waals surface area contributed by atoms with Crippen LogP contribution in [0, 0.1) is 0 Å². The number of amides is 1. The highest BCUT2D eigenvalue weighted by atomic mass is 35.5. The van der Waals surface area contributed by atoms with E-state index >= 15 is 0 Å². The highest BCUT2D eigenvalue weighted by Crippen LogP contribution is 2.04. The van der Waals surface area contributed by atoms with Crippen molar-refractivity contribution in [3.05, 3.63) is 29.9 Å². The number of hydrogen-bond acceptors (Lipinski definition) is 5. The van der Waals surface area contributed by atoms with Crippen molar-refractivity contribution in [2.45, 2.75) is 6.54 Å². The van der Waals surface area contributed by atoms with Gasteiger partial charge in [0.05, 0.1) is 18.6 Å². The van der Waals surface area contributed by atoms with Gasteiger partial charge in [0.25, 0.3) is 0 Å². The maximum absolute atomic E-state index is 11.5. The van der Waals surface area contributed by atoms with Crippen LogP contribution in [0.4, 0.5) is 5.82 Å². The number of hydrogen-bond donors (Lipinski definition) is 1. The van der Waals surface area contributed by atoms with Gasteiger partial charge in [-0.2, -0.15) is 0 Å². The van der Waals surface area contributed by atoms with Crippen LogP contribution in [-0.2, 0) is 11.3 Å². The molecule has 1 amide bonds. The fraction of sp³-hybridized carbons (Fsp3) is 0.125. The minimum Gasteiger partial charge on any atom is -0.308 e. The van der Waals surface area contributed by atoms with E-state index in [1.165, 1.54) is 23.3 Å². The third-order valence-electron chi connectivity index (χ3n) is 1.67. The number of halogens is 1. The van der Waals surface area contributed by atoms with Crippen molar-refractivity contribution in [2.24, 2.45) is 0 Å². The van der Waals surface area contributed by atoms with Gasteiger partial charge in [-0.25, -0.2) is 14.6 Å². The van der Waals surface area contributed by atoms with Crippen molar-refractivity contribution in [3.8, 4) is 0 Å². The Balaban J connectivity index is 1.95. The normalized spacial score (nSPS) is 10.1. The molecule has 0 spiro atoms. The summed E-state index contributed by atoms with van der Waals surface area (Å²) in [5.74, 6) is 0.0802. The minimum atomic E-state index is -0.262. The highest BCUT2D eigenvalue weighted by Gasteiger charge is 2.04. The van der Waals surface area contributed by atoms with Crippen molar-refractivity contribution < 1.29 is 4.79 Å². The van der Waals surface area contributed by atoms with Gasteiger partial charge in [-0.05, 0) is 0 Å². The zero-order chi connectivity index (χ0) is 11.4. The van der Waals surface area contributed by atoms with Crippen LogP contribution in [-0.4, -0.2) is 30.9 Å². The second-order valence-electron chi connectivity index (χ2n) is 2.87. The van der Waals surface area contributed by atoms with E-state index < -0.39 is 0 Å². The Morgan fingerprint density at radius 1 is 1.44 bits per heavy atom. The van der Waals surface area contributed by atoms with Crippen LogP contribution in [0.1, 0.15) is 0 Å². The molecule has 7 nitrogen and oxygen atoms in total. The summed E-state index contributed by atoms with van der Waals surface area (Å²) in [5, 5.41) is 10.1. The first-order valence-electron chi connectivity index (χ1n) is 4.35. The van der Waals surface area contributed by atoms with Gasteiger partial charge in [0.1, 0.15) is 11.7 Å². The van der Waals surface area contributed by atoms with Gasteiger partial charge in [-0.1, -0.05) is 16.8 Å². The zero-order valence-electron chi connectivity index (χ0n) is 8.04. The molecular weight excluding hydrogens is 232 g/mol. The van der Waals surface area contributed by atoms with Crippen LogP contribution in [0.3, 0.4) is 0 Å². The van der Waals surface area contributed by atoms with Crippen molar-refractivity contribution in [1.29, 1.82) is 0 Å². The van der Waals surface area contributed by atoms with Crippen LogP contribution in [0.2, 0.25) is 5.15 Å². The van der Waals surface area contributed by atoms with Gasteiger partial charge in [0.15, 0.2) is 5.82 Å². The van der Waals surface area contributed by atoms with Gasteiger partial charge in [-0.15, -0.1) is 5.10 Å². The Hall–Kier alpha value is -2.02. The molecule has 0 saturated heterocycles. The monoisotopic (exact) mass is 238 g/mol. The Morgan fingerprint density at radius 2 is 2.31 bits per heavy atom. The van der Waals surface area contributed by atoms with Crippen LogP contribution in [0.15, 0.2) is 24.8 Å². The molecule has 0 atom stereocenters. The summed E-state index contributed by atoms with van der Waals surface area (Å²) in [4.78, 5) is 19.1. The predicted molar refractivity (Wildman–Crippen MR) is 55.7 cm³/mol. The smallest absolute Gasteiger partial charge is 0.247 e. The summed E-state index contributed by atoms with van der Waals surface area (Å²) in [5.41, 5.74) is 0. The molecular formula is C8H7ClN6O. The standard InChI is InChI=1S/C8H7ClN6O/c9-6-3-11-7(4-10-6)13-8(16)5-15-2-1-12-14-15/h1-4H,5H2,(H,11,13,16). The lowest BCUT2D eigenvalue weighted by Crippen LogP contribution is -2.19. The van der Waals surface area contributed by atoms with Crippen molar-refractivity contribution >= 4 is 23.3 Å². The second-order valence-corrected chi connectivity index (χ2v) is 3.26. The Morgan fingerprint density at radius 3 is 2.94 bits per heavy atom. The first-order chi connectivity index (χ1) is 7.74. The van der Waals surface area contributed by atoms with E-state index in [4.69, 9.17) is 11.6 Å². The summed E-state index contributed by atoms with van der Waals surface area (Å²) in [6, 6.07) is 0. The molecule has 0 aliphatic carbocycles. The Labute approximate surface area is 95.5 Å². The number of nitrogens with one attached hydrogen (secondary N) is 1. The first-order valence-corrected chi connectivity index (χ1v) is 4.73. The van der Waals surface area contributed by atoms with Gasteiger partial charge in [-0.3, -0.25) is 4.79 Å². The highest BCUT2D eigenvalue weighted by molar-refractivity contribution is 6.29. The molecule has 0 aromatic carbocycles. The number of carbonyl (C=O) groups is 1. The third kappa shape index (κ3) is 2.74. The summed E-state index contributed by atoms with van der Waals surface area (Å²) in [6.07, 6.45) is 5.82. The van der Waals surface area contributed by atoms with Crippen molar-refractivity contribution in [2.75, 3.05) is 5.32 Å². The van der Waals surface area contributed by atoms with E-state index in [0.29, 0.717) is 5.82 Å². The number of rotatable bonds is 3. The van der Waals surface area contributed by atoms with Crippen LogP contribution < -0.4 is 5.32 Å². The maximum atomic E-state index is 11.5. The second kappa shape index (κ2) is 4.67. The molecule has 0 fully saturated rings. The maximum Gasteiger partial charge on any atom is 0.247 e. The topological polar surface area (TPSA) is 85.6 Å². The van der Waals surface area contributed by atoms with E-state index in [2.05, 4.69) is 25.6 Å². The van der Waals surface area contributed by atoms with Crippen LogP contribution in [0.5, 0.6) is 0 Å². The summed E-state index contributed by atoms with van der Waals surface area (Å²) < 4.78 is 1.40. The largest absolute Gasteiger partial charge is 0.308 e. The summed E-state index contributed by atoms with van der Waals surface area (Å²) in [7, 11) is 0. The van der Waals surface area contributed by atoms with Crippen molar-refractivity contribution in [3.63, 3.8) is 0 Å². The average Bonchev–Trinajstić information content (AvgIpc) is 2.74. The van der Waals surface area contributed by atoms with Crippen LogP contribution >= 0.6 is 11.6 Å². The van der Waals surface area contributed by atoms with E-state index in [1.54, 1.807) is 6.20 Å². The summed E-state index contributed by atoms with van der Waals surface area (Å²) >= 11 is 5.55. The minimum absolute atomic E-state index is 0.0737. The van der Waals surface area contributed by atoms with Gasteiger partial charge in [0, 0.05) is 6.20 Å². The Kier molecular flexibility index (Phi) is 3.06. The predicted octanol–water partition coefficient (Wildman–Crippen LogP) is 0.360. The molecule has 0 aliphatic rings. The molecule has 0 saturated carbocycles. The fourth-order valence-corrected chi connectivity index (χ4v) is 1.12. The molecule has 8 heteroatoms. The molecule has 16 heavy (non-hydrogen) atoms. The van der Waals surface area contributed by atoms with E-state index in [9.17, 15) is 4.79 Å². The molecule has 0 unspecified atom stereocenters. The quantitative estimate of drug-likeness (QED) is 0.835. The number of anilines is 1. The fourth-order valence-electron chi connectivity index (χ4n) is 1.02. The van der Waals surface area contributed by atoms with Gasteiger partial charge < -0.3 is 5.32 Å². The van der Waals surface area contributed by atoms with E-state index in [-0.39, 0.29) is 17.6 Å². The molecule has 2 rings (SSSR count). The molecule has 2 aromatic rings. The molecule has 82 valence electrons. The molecule has 0 aliphatic heterocycles. The number of carbonyl (C=O) groups excluding carboxylic acids is 1. The van der Waals surface area contributed by atoms with Gasteiger partial charge >= 0.3 is 0 Å². The SMILES string of the molecule is O=C(Cn1ccnn1)Nc1cnc(Cl)cn1. The molecule has 1 N–H and O–H groups in total. The molecule has 0 radical (unpaired) electrons.